The van der Waals surface area contributed by atoms with Crippen LogP contribution in [0.4, 0.5) is 0 Å². The molecule has 1 heterocycles. The first-order valence-electron chi connectivity index (χ1n) is 9.86. The molecule has 0 spiro atoms. The number of pyridine rings is 1. The van der Waals surface area contributed by atoms with Crippen LogP contribution in [0, 0.1) is 6.92 Å². The summed E-state index contributed by atoms with van der Waals surface area (Å²) in [6.45, 7) is 1.99. The minimum absolute atomic E-state index is 0.223. The minimum atomic E-state index is 0.223. The van der Waals surface area contributed by atoms with Gasteiger partial charge in [-0.2, -0.15) is 0 Å². The molecule has 0 aliphatic rings. The summed E-state index contributed by atoms with van der Waals surface area (Å²) in [6, 6.07) is 30.7. The highest BCUT2D eigenvalue weighted by Crippen LogP contribution is 2.25. The average molecular weight is 377 g/mol. The van der Waals surface area contributed by atoms with Crippen molar-refractivity contribution in [1.82, 2.24) is 4.98 Å². The molecule has 0 fully saturated rings. The number of nitrogens with zero attached hydrogens (tertiary/aromatic N) is 1. The fourth-order valence-corrected chi connectivity index (χ4v) is 3.62. The second-order valence-corrected chi connectivity index (χ2v) is 7.30. The number of hydrogen-bond donors (Lipinski definition) is 0. The van der Waals surface area contributed by atoms with Crippen LogP contribution >= 0.6 is 0 Å². The van der Waals surface area contributed by atoms with Gasteiger partial charge in [-0.15, -0.1) is 0 Å². The summed E-state index contributed by atoms with van der Waals surface area (Å²) in [5.41, 5.74) is 7.68. The maximum absolute atomic E-state index is 12.8. The van der Waals surface area contributed by atoms with Crippen molar-refractivity contribution in [2.45, 2.75) is 19.8 Å². The van der Waals surface area contributed by atoms with Crippen LogP contribution in [0.25, 0.3) is 22.3 Å². The lowest BCUT2D eigenvalue weighted by atomic mass is 9.94. The number of carbonyl (C=O) groups is 1. The standard InChI is InChI=1S/C27H23NO/c1-20-17-24(15-16-28-20)22-13-11-21(12-14-22)18-26(29)19-25-9-5-6-10-27(25)23-7-3-2-4-8-23/h2-17H,18-19H2,1H3. The molecule has 4 aromatic rings. The molecule has 1 aromatic heterocycles. The lowest BCUT2D eigenvalue weighted by Gasteiger charge is -2.10. The van der Waals surface area contributed by atoms with E-state index >= 15 is 0 Å². The second-order valence-electron chi connectivity index (χ2n) is 7.30. The van der Waals surface area contributed by atoms with Crippen molar-refractivity contribution in [2.24, 2.45) is 0 Å². The fourth-order valence-electron chi connectivity index (χ4n) is 3.62. The average Bonchev–Trinajstić information content (AvgIpc) is 2.75. The Hall–Kier alpha value is -3.52. The van der Waals surface area contributed by atoms with E-state index in [0.717, 1.165) is 39.1 Å². The summed E-state index contributed by atoms with van der Waals surface area (Å²) >= 11 is 0. The highest BCUT2D eigenvalue weighted by molar-refractivity contribution is 5.85. The molecule has 0 saturated carbocycles. The molecule has 3 aromatic carbocycles. The fraction of sp³-hybridized carbons (Fsp3) is 0.111. The van der Waals surface area contributed by atoms with Crippen molar-refractivity contribution >= 4 is 5.78 Å². The van der Waals surface area contributed by atoms with E-state index in [9.17, 15) is 4.79 Å². The van der Waals surface area contributed by atoms with Crippen molar-refractivity contribution in [2.75, 3.05) is 0 Å². The molecule has 0 bridgehead atoms. The molecule has 0 aliphatic heterocycles. The number of ketones is 1. The van der Waals surface area contributed by atoms with E-state index in [1.807, 2.05) is 61.7 Å². The molecule has 0 aliphatic carbocycles. The Morgan fingerprint density at radius 3 is 2.21 bits per heavy atom. The number of benzene rings is 3. The number of aryl methyl sites for hydroxylation is 1. The predicted octanol–water partition coefficient (Wildman–Crippen LogP) is 6.08. The first kappa shape index (κ1) is 18.8. The van der Waals surface area contributed by atoms with Crippen molar-refractivity contribution in [1.29, 1.82) is 0 Å². The van der Waals surface area contributed by atoms with Crippen molar-refractivity contribution < 1.29 is 4.79 Å². The summed E-state index contributed by atoms with van der Waals surface area (Å²) < 4.78 is 0. The van der Waals surface area contributed by atoms with Gasteiger partial charge in [0.05, 0.1) is 0 Å². The Balaban J connectivity index is 1.47. The van der Waals surface area contributed by atoms with Crippen LogP contribution in [0.15, 0.2) is 97.2 Å². The van der Waals surface area contributed by atoms with Gasteiger partial charge in [-0.3, -0.25) is 9.78 Å². The number of rotatable bonds is 6. The summed E-state index contributed by atoms with van der Waals surface area (Å²) in [7, 11) is 0. The molecule has 0 atom stereocenters. The predicted molar refractivity (Wildman–Crippen MR) is 119 cm³/mol. The zero-order valence-electron chi connectivity index (χ0n) is 16.5. The van der Waals surface area contributed by atoms with Gasteiger partial charge in [0.25, 0.3) is 0 Å². The summed E-state index contributed by atoms with van der Waals surface area (Å²) in [5, 5.41) is 0. The Kier molecular flexibility index (Phi) is 5.62. The van der Waals surface area contributed by atoms with Crippen LogP contribution in [0.2, 0.25) is 0 Å². The van der Waals surface area contributed by atoms with Crippen LogP contribution in [0.1, 0.15) is 16.8 Å². The SMILES string of the molecule is Cc1cc(-c2ccc(CC(=O)Cc3ccccc3-c3ccccc3)cc2)ccn1. The monoisotopic (exact) mass is 377 g/mol. The van der Waals surface area contributed by atoms with E-state index in [2.05, 4.69) is 47.4 Å². The third-order valence-corrected chi connectivity index (χ3v) is 5.07. The molecule has 0 amide bonds. The van der Waals surface area contributed by atoms with Gasteiger partial charge in [-0.25, -0.2) is 0 Å². The van der Waals surface area contributed by atoms with E-state index in [-0.39, 0.29) is 5.78 Å². The molecule has 2 heteroatoms. The highest BCUT2D eigenvalue weighted by Gasteiger charge is 2.10. The summed E-state index contributed by atoms with van der Waals surface area (Å²) in [6.07, 6.45) is 2.71. The summed E-state index contributed by atoms with van der Waals surface area (Å²) in [5.74, 6) is 0.223. The van der Waals surface area contributed by atoms with Gasteiger partial charge in [0, 0.05) is 24.7 Å². The molecule has 29 heavy (non-hydrogen) atoms. The Morgan fingerprint density at radius 1 is 0.724 bits per heavy atom. The third-order valence-electron chi connectivity index (χ3n) is 5.07. The van der Waals surface area contributed by atoms with Crippen LogP contribution in [0.5, 0.6) is 0 Å². The number of aromatic nitrogens is 1. The van der Waals surface area contributed by atoms with E-state index in [0.29, 0.717) is 12.8 Å². The summed E-state index contributed by atoms with van der Waals surface area (Å²) in [4.78, 5) is 17.0. The van der Waals surface area contributed by atoms with Gasteiger partial charge in [0.2, 0.25) is 0 Å². The van der Waals surface area contributed by atoms with Gasteiger partial charge < -0.3 is 0 Å². The van der Waals surface area contributed by atoms with Crippen molar-refractivity contribution in [3.63, 3.8) is 0 Å². The van der Waals surface area contributed by atoms with E-state index in [1.54, 1.807) is 0 Å². The number of hydrogen-bond acceptors (Lipinski definition) is 2. The van der Waals surface area contributed by atoms with Gasteiger partial charge in [0.15, 0.2) is 0 Å². The normalized spacial score (nSPS) is 10.7. The Bertz CT molecular complexity index is 1110. The lowest BCUT2D eigenvalue weighted by molar-refractivity contribution is -0.117. The first-order valence-corrected chi connectivity index (χ1v) is 9.86. The van der Waals surface area contributed by atoms with Crippen LogP contribution in [-0.4, -0.2) is 10.8 Å². The topological polar surface area (TPSA) is 30.0 Å². The maximum Gasteiger partial charge on any atom is 0.141 e. The Labute approximate surface area is 171 Å². The number of carbonyl (C=O) groups excluding carboxylic acids is 1. The molecule has 0 radical (unpaired) electrons. The zero-order valence-corrected chi connectivity index (χ0v) is 16.5. The lowest BCUT2D eigenvalue weighted by Crippen LogP contribution is -2.07. The second kappa shape index (κ2) is 8.66. The largest absolute Gasteiger partial charge is 0.299 e. The van der Waals surface area contributed by atoms with Crippen LogP contribution in [0.3, 0.4) is 0 Å². The smallest absolute Gasteiger partial charge is 0.141 e. The highest BCUT2D eigenvalue weighted by atomic mass is 16.1. The maximum atomic E-state index is 12.8. The van der Waals surface area contributed by atoms with E-state index in [1.165, 1.54) is 0 Å². The molecular formula is C27H23NO. The molecule has 0 saturated heterocycles. The molecule has 4 rings (SSSR count). The molecular weight excluding hydrogens is 354 g/mol. The zero-order chi connectivity index (χ0) is 20.1. The van der Waals surface area contributed by atoms with Crippen molar-refractivity contribution in [3.05, 3.63) is 114 Å². The van der Waals surface area contributed by atoms with Crippen LogP contribution in [-0.2, 0) is 17.6 Å². The van der Waals surface area contributed by atoms with Crippen LogP contribution < -0.4 is 0 Å². The number of Topliss-reactive ketones (excluding diaryl/α,β-unsaturated/α-hetero) is 1. The first-order chi connectivity index (χ1) is 14.2. The van der Waals surface area contributed by atoms with Crippen molar-refractivity contribution in [3.8, 4) is 22.3 Å². The quantitative estimate of drug-likeness (QED) is 0.408. The van der Waals surface area contributed by atoms with E-state index < -0.39 is 0 Å². The van der Waals surface area contributed by atoms with Gasteiger partial charge in [0.1, 0.15) is 5.78 Å². The third kappa shape index (κ3) is 4.67. The van der Waals surface area contributed by atoms with Gasteiger partial charge >= 0.3 is 0 Å². The van der Waals surface area contributed by atoms with E-state index in [4.69, 9.17) is 0 Å². The minimum Gasteiger partial charge on any atom is -0.299 e. The molecule has 142 valence electrons. The molecule has 2 nitrogen and oxygen atoms in total. The molecule has 0 unspecified atom stereocenters. The Morgan fingerprint density at radius 2 is 1.45 bits per heavy atom. The van der Waals surface area contributed by atoms with Gasteiger partial charge in [-0.1, -0.05) is 78.9 Å². The molecule has 0 N–H and O–H groups in total. The van der Waals surface area contributed by atoms with Gasteiger partial charge in [-0.05, 0) is 52.4 Å².